The fourth-order valence-electron chi connectivity index (χ4n) is 6.08. The number of amides is 5. The fourth-order valence-corrected chi connectivity index (χ4v) is 6.08. The maximum Gasteiger partial charge on any atom is 0.254 e. The Morgan fingerprint density at radius 1 is 0.863 bits per heavy atom. The minimum absolute atomic E-state index is 0.0665. The number of benzene rings is 2. The predicted molar refractivity (Wildman–Crippen MR) is 189 cm³/mol. The number of hydrogen-bond acceptors (Lipinski definition) is 6. The fraction of sp³-hybridized carbons (Fsp3) is 0.395. The molecule has 0 aliphatic carbocycles. The molecule has 13 heteroatoms. The first-order valence-electron chi connectivity index (χ1n) is 17.0. The number of nitrogens with one attached hydrogen (secondary N) is 3. The molecule has 1 aromatic heterocycles. The van der Waals surface area contributed by atoms with Crippen LogP contribution in [-0.4, -0.2) is 83.7 Å². The van der Waals surface area contributed by atoms with Crippen LogP contribution < -0.4 is 16.0 Å². The highest BCUT2D eigenvalue weighted by Gasteiger charge is 2.37. The Hall–Kier alpha value is -5.17. The zero-order valence-electron chi connectivity index (χ0n) is 29.5. The first kappa shape index (κ1) is 38.6. The van der Waals surface area contributed by atoms with Crippen LogP contribution in [0.2, 0.25) is 0 Å². The molecule has 51 heavy (non-hydrogen) atoms. The molecule has 3 aromatic rings. The lowest BCUT2D eigenvalue weighted by Crippen LogP contribution is -2.44. The van der Waals surface area contributed by atoms with Gasteiger partial charge in [-0.1, -0.05) is 51.1 Å². The molecule has 0 saturated carbocycles. The number of rotatable bonds is 17. The molecule has 0 saturated heterocycles. The van der Waals surface area contributed by atoms with E-state index >= 15 is 4.39 Å². The van der Waals surface area contributed by atoms with Crippen molar-refractivity contribution >= 4 is 29.5 Å². The minimum atomic E-state index is -0.563. The summed E-state index contributed by atoms with van der Waals surface area (Å²) in [6, 6.07) is 14.4. The van der Waals surface area contributed by atoms with Gasteiger partial charge in [0.05, 0.1) is 6.04 Å². The SMILES string of the molecule is CNCCCN(C(=O)CCC(=O)NCCNC(=O)CN1C(=O)C=CC1=O)[C@@H](c1cc(-c2cc(F)ccc2F)cn1Cc1ccccc1)C(C)(C)C. The van der Waals surface area contributed by atoms with Gasteiger partial charge in [-0.25, -0.2) is 8.78 Å². The summed E-state index contributed by atoms with van der Waals surface area (Å²) in [5.74, 6) is -3.42. The summed E-state index contributed by atoms with van der Waals surface area (Å²) in [6.45, 7) is 7.25. The molecular weight excluding hydrogens is 658 g/mol. The number of nitrogens with zero attached hydrogens (tertiary/aromatic N) is 3. The van der Waals surface area contributed by atoms with Crippen molar-refractivity contribution in [3.05, 3.63) is 95.8 Å². The van der Waals surface area contributed by atoms with E-state index in [0.717, 1.165) is 40.4 Å². The van der Waals surface area contributed by atoms with Gasteiger partial charge in [0.15, 0.2) is 0 Å². The topological polar surface area (TPSA) is 133 Å². The summed E-state index contributed by atoms with van der Waals surface area (Å²) in [7, 11) is 1.83. The first-order chi connectivity index (χ1) is 24.3. The van der Waals surface area contributed by atoms with Gasteiger partial charge in [-0.3, -0.25) is 28.9 Å². The number of carbonyl (C=O) groups excluding carboxylic acids is 5. The summed E-state index contributed by atoms with van der Waals surface area (Å²) in [5, 5.41) is 8.36. The second-order valence-electron chi connectivity index (χ2n) is 13.5. The average molecular weight is 705 g/mol. The molecule has 1 aliphatic heterocycles. The lowest BCUT2D eigenvalue weighted by molar-refractivity contribution is -0.141. The van der Waals surface area contributed by atoms with E-state index in [1.165, 1.54) is 6.07 Å². The van der Waals surface area contributed by atoms with E-state index in [4.69, 9.17) is 0 Å². The van der Waals surface area contributed by atoms with Crippen molar-refractivity contribution in [1.82, 2.24) is 30.3 Å². The highest BCUT2D eigenvalue weighted by molar-refractivity contribution is 6.14. The van der Waals surface area contributed by atoms with Gasteiger partial charge < -0.3 is 25.4 Å². The van der Waals surface area contributed by atoms with E-state index in [2.05, 4.69) is 16.0 Å². The van der Waals surface area contributed by atoms with Crippen molar-refractivity contribution in [3.63, 3.8) is 0 Å². The molecule has 3 N–H and O–H groups in total. The van der Waals surface area contributed by atoms with Crippen LogP contribution in [0.3, 0.4) is 0 Å². The third kappa shape index (κ3) is 10.7. The van der Waals surface area contributed by atoms with Crippen molar-refractivity contribution in [3.8, 4) is 11.1 Å². The Balaban J connectivity index is 1.51. The molecule has 11 nitrogen and oxygen atoms in total. The Labute approximate surface area is 297 Å². The normalized spacial score (nSPS) is 13.4. The van der Waals surface area contributed by atoms with Gasteiger partial charge >= 0.3 is 0 Å². The van der Waals surface area contributed by atoms with Crippen LogP contribution >= 0.6 is 0 Å². The molecule has 0 fully saturated rings. The number of aromatic nitrogens is 1. The van der Waals surface area contributed by atoms with E-state index < -0.39 is 47.4 Å². The molecule has 0 unspecified atom stereocenters. The number of halogens is 2. The lowest BCUT2D eigenvalue weighted by Gasteiger charge is -2.41. The number of hydrogen-bond donors (Lipinski definition) is 3. The molecule has 272 valence electrons. The Morgan fingerprint density at radius 2 is 1.53 bits per heavy atom. The highest BCUT2D eigenvalue weighted by Crippen LogP contribution is 2.41. The Morgan fingerprint density at radius 3 is 2.18 bits per heavy atom. The monoisotopic (exact) mass is 704 g/mol. The summed E-state index contributed by atoms with van der Waals surface area (Å²) in [6.07, 6.45) is 4.43. The molecule has 0 spiro atoms. The number of carbonyl (C=O) groups is 5. The molecular formula is C38H46F2N6O5. The molecule has 1 aliphatic rings. The van der Waals surface area contributed by atoms with E-state index in [0.29, 0.717) is 31.6 Å². The Bertz CT molecular complexity index is 1730. The van der Waals surface area contributed by atoms with Crippen LogP contribution in [0.5, 0.6) is 0 Å². The molecule has 1 atom stereocenters. The highest BCUT2D eigenvalue weighted by atomic mass is 19.1. The van der Waals surface area contributed by atoms with Crippen LogP contribution in [-0.2, 0) is 30.5 Å². The third-order valence-electron chi connectivity index (χ3n) is 8.46. The second kappa shape index (κ2) is 17.7. The van der Waals surface area contributed by atoms with Crippen LogP contribution in [0, 0.1) is 17.0 Å². The lowest BCUT2D eigenvalue weighted by atomic mass is 9.82. The molecule has 5 amide bonds. The van der Waals surface area contributed by atoms with E-state index in [9.17, 15) is 28.4 Å². The van der Waals surface area contributed by atoms with E-state index in [-0.39, 0.29) is 43.3 Å². The van der Waals surface area contributed by atoms with Gasteiger partial charge in [0, 0.05) is 74.2 Å². The molecule has 2 aromatic carbocycles. The molecule has 2 heterocycles. The maximum absolute atomic E-state index is 15.1. The zero-order valence-corrected chi connectivity index (χ0v) is 29.5. The third-order valence-corrected chi connectivity index (χ3v) is 8.46. The Kier molecular flexibility index (Phi) is 13.4. The minimum Gasteiger partial charge on any atom is -0.354 e. The smallest absolute Gasteiger partial charge is 0.254 e. The first-order valence-corrected chi connectivity index (χ1v) is 17.0. The van der Waals surface area contributed by atoms with Crippen LogP contribution in [0.15, 0.2) is 72.9 Å². The van der Waals surface area contributed by atoms with Gasteiger partial charge in [-0.15, -0.1) is 0 Å². The van der Waals surface area contributed by atoms with Gasteiger partial charge in [0.1, 0.15) is 18.2 Å². The molecule has 0 radical (unpaired) electrons. The second-order valence-corrected chi connectivity index (χ2v) is 13.5. The zero-order chi connectivity index (χ0) is 37.1. The van der Waals surface area contributed by atoms with Gasteiger partial charge in [-0.2, -0.15) is 0 Å². The summed E-state index contributed by atoms with van der Waals surface area (Å²) in [4.78, 5) is 64.9. The van der Waals surface area contributed by atoms with Gasteiger partial charge in [-0.05, 0) is 55.3 Å². The standard InChI is InChI=1S/C38H46F2N6O5/c1-38(2,3)37(31-21-27(29-22-28(39)11-12-30(29)40)24-44(31)23-26-9-6-5-7-10-26)45(20-8-17-41-4)34(49)14-13-32(47)42-18-19-43-33(48)25-46-35(50)15-16-36(46)51/h5-7,9-12,15-16,21-22,24,37,41H,8,13-14,17-20,23,25H2,1-4H3,(H,42,47)(H,43,48)/t37-/m0/s1. The van der Waals surface area contributed by atoms with Crippen molar-refractivity contribution in [2.45, 2.75) is 52.6 Å². The molecule has 4 rings (SSSR count). The van der Waals surface area contributed by atoms with Gasteiger partial charge in [0.2, 0.25) is 17.7 Å². The maximum atomic E-state index is 15.1. The predicted octanol–water partition coefficient (Wildman–Crippen LogP) is 3.94. The van der Waals surface area contributed by atoms with Crippen LogP contribution in [0.1, 0.15) is 57.3 Å². The van der Waals surface area contributed by atoms with Crippen molar-refractivity contribution in [1.29, 1.82) is 0 Å². The summed E-state index contributed by atoms with van der Waals surface area (Å²) in [5.41, 5.74) is 1.82. The largest absolute Gasteiger partial charge is 0.354 e. The molecule has 0 bridgehead atoms. The quantitative estimate of drug-likeness (QED) is 0.144. The summed E-state index contributed by atoms with van der Waals surface area (Å²) >= 11 is 0. The van der Waals surface area contributed by atoms with E-state index in [1.807, 2.05) is 68.8 Å². The van der Waals surface area contributed by atoms with Gasteiger partial charge in [0.25, 0.3) is 11.8 Å². The van der Waals surface area contributed by atoms with Crippen molar-refractivity contribution < 1.29 is 32.8 Å². The summed E-state index contributed by atoms with van der Waals surface area (Å²) < 4.78 is 31.4. The van der Waals surface area contributed by atoms with Crippen LogP contribution in [0.25, 0.3) is 11.1 Å². The average Bonchev–Trinajstić information content (AvgIpc) is 3.63. The van der Waals surface area contributed by atoms with Crippen molar-refractivity contribution in [2.24, 2.45) is 5.41 Å². The van der Waals surface area contributed by atoms with Crippen LogP contribution in [0.4, 0.5) is 8.78 Å². The number of imide groups is 1. The van der Waals surface area contributed by atoms with E-state index in [1.54, 1.807) is 11.1 Å². The van der Waals surface area contributed by atoms with Crippen molar-refractivity contribution in [2.75, 3.05) is 39.8 Å².